The van der Waals surface area contributed by atoms with Crippen LogP contribution in [0.3, 0.4) is 0 Å². The van der Waals surface area contributed by atoms with E-state index in [0.717, 1.165) is 47.8 Å². The van der Waals surface area contributed by atoms with Crippen LogP contribution < -0.4 is 31.9 Å². The molecule has 1 aromatic rings. The first-order valence-electron chi connectivity index (χ1n) is 9.34. The Kier molecular flexibility index (Phi) is 5.69. The molecule has 4 bridgehead atoms. The molecule has 4 nitrogen and oxygen atoms in total. The summed E-state index contributed by atoms with van der Waals surface area (Å²) in [6.07, 6.45) is 7.40. The van der Waals surface area contributed by atoms with Crippen LogP contribution in [0.5, 0.6) is 17.2 Å². The summed E-state index contributed by atoms with van der Waals surface area (Å²) in [7, 11) is 5.05. The Labute approximate surface area is 157 Å². The maximum Gasteiger partial charge on any atom is 0.203 e. The monoisotopic (exact) mass is 367 g/mol. The van der Waals surface area contributed by atoms with E-state index in [4.69, 9.17) is 14.2 Å². The van der Waals surface area contributed by atoms with Crippen LogP contribution in [0.4, 0.5) is 0 Å². The summed E-state index contributed by atoms with van der Waals surface area (Å²) in [5.74, 6) is 6.20. The molecule has 5 rings (SSSR count). The van der Waals surface area contributed by atoms with Crippen LogP contribution in [-0.4, -0.2) is 27.4 Å². The summed E-state index contributed by atoms with van der Waals surface area (Å²) in [6.45, 7) is 0.955. The van der Waals surface area contributed by atoms with Gasteiger partial charge < -0.3 is 31.9 Å². The lowest BCUT2D eigenvalue weighted by Crippen LogP contribution is -3.00. The summed E-state index contributed by atoms with van der Waals surface area (Å²) in [4.78, 5) is 0. The van der Waals surface area contributed by atoms with Gasteiger partial charge >= 0.3 is 0 Å². The summed E-state index contributed by atoms with van der Waals surface area (Å²) in [5, 5.41) is 2.58. The van der Waals surface area contributed by atoms with Crippen LogP contribution in [0, 0.1) is 23.7 Å². The molecule has 5 heteroatoms. The Balaban J connectivity index is 0.00000182. The largest absolute Gasteiger partial charge is 1.00 e. The molecule has 4 aliphatic rings. The fourth-order valence-electron chi connectivity index (χ4n) is 5.94. The SMILES string of the molecule is COc1ccc(C[NH2+]C2C3CC4CC(C3)CC2C4)c(OC)c1OC.[Cl-]. The molecule has 2 N–H and O–H groups in total. The molecule has 0 heterocycles. The van der Waals surface area contributed by atoms with E-state index in [1.54, 1.807) is 21.3 Å². The van der Waals surface area contributed by atoms with Gasteiger partial charge in [-0.25, -0.2) is 0 Å². The maximum absolute atomic E-state index is 5.64. The Hall–Kier alpha value is -1.13. The van der Waals surface area contributed by atoms with Crippen LogP contribution in [0.15, 0.2) is 12.1 Å². The van der Waals surface area contributed by atoms with Gasteiger partial charge in [-0.3, -0.25) is 0 Å². The third kappa shape index (κ3) is 3.31. The predicted molar refractivity (Wildman–Crippen MR) is 92.6 cm³/mol. The second kappa shape index (κ2) is 7.63. The third-order valence-electron chi connectivity index (χ3n) is 6.70. The molecule has 0 atom stereocenters. The zero-order valence-corrected chi connectivity index (χ0v) is 16.2. The topological polar surface area (TPSA) is 44.3 Å². The predicted octanol–water partition coefficient (Wildman–Crippen LogP) is -0.395. The zero-order valence-electron chi connectivity index (χ0n) is 15.5. The van der Waals surface area contributed by atoms with Gasteiger partial charge in [-0.1, -0.05) is 0 Å². The molecular formula is C20H30ClNO3. The van der Waals surface area contributed by atoms with E-state index >= 15 is 0 Å². The smallest absolute Gasteiger partial charge is 0.203 e. The van der Waals surface area contributed by atoms with Gasteiger partial charge in [0.2, 0.25) is 5.75 Å². The number of hydrogen-bond acceptors (Lipinski definition) is 3. The van der Waals surface area contributed by atoms with E-state index in [-0.39, 0.29) is 12.4 Å². The van der Waals surface area contributed by atoms with Gasteiger partial charge in [0.05, 0.1) is 32.9 Å². The van der Waals surface area contributed by atoms with Crippen molar-refractivity contribution in [3.63, 3.8) is 0 Å². The number of halogens is 1. The minimum absolute atomic E-state index is 0. The van der Waals surface area contributed by atoms with Crippen LogP contribution in [-0.2, 0) is 6.54 Å². The number of nitrogens with two attached hydrogens (primary N) is 1. The minimum Gasteiger partial charge on any atom is -1.00 e. The first-order chi connectivity index (χ1) is 11.7. The number of ether oxygens (including phenoxy) is 3. The zero-order chi connectivity index (χ0) is 16.7. The molecule has 25 heavy (non-hydrogen) atoms. The van der Waals surface area contributed by atoms with E-state index in [1.807, 2.05) is 6.07 Å². The molecule has 0 aromatic heterocycles. The van der Waals surface area contributed by atoms with Gasteiger partial charge in [-0.2, -0.15) is 0 Å². The lowest BCUT2D eigenvalue weighted by Gasteiger charge is -2.52. The maximum atomic E-state index is 5.64. The number of benzene rings is 1. The average molecular weight is 368 g/mol. The van der Waals surface area contributed by atoms with Crippen LogP contribution in [0.25, 0.3) is 0 Å². The quantitative estimate of drug-likeness (QED) is 0.744. The van der Waals surface area contributed by atoms with Crippen molar-refractivity contribution >= 4 is 0 Å². The Morgan fingerprint density at radius 2 is 1.44 bits per heavy atom. The van der Waals surface area contributed by atoms with Gasteiger partial charge in [0.1, 0.15) is 6.54 Å². The minimum atomic E-state index is 0. The molecule has 1 aromatic carbocycles. The van der Waals surface area contributed by atoms with Crippen molar-refractivity contribution < 1.29 is 31.9 Å². The van der Waals surface area contributed by atoms with Gasteiger partial charge in [0, 0.05) is 11.8 Å². The fourth-order valence-corrected chi connectivity index (χ4v) is 5.94. The van der Waals surface area contributed by atoms with E-state index in [9.17, 15) is 0 Å². The molecule has 4 fully saturated rings. The molecule has 140 valence electrons. The molecule has 0 aliphatic heterocycles. The van der Waals surface area contributed by atoms with E-state index < -0.39 is 0 Å². The third-order valence-corrected chi connectivity index (χ3v) is 6.70. The summed E-state index contributed by atoms with van der Waals surface area (Å²) >= 11 is 0. The van der Waals surface area contributed by atoms with Crippen molar-refractivity contribution in [1.29, 1.82) is 0 Å². The van der Waals surface area contributed by atoms with Crippen molar-refractivity contribution in [3.05, 3.63) is 17.7 Å². The molecule has 4 saturated carbocycles. The summed E-state index contributed by atoms with van der Waals surface area (Å²) in [5.41, 5.74) is 1.20. The van der Waals surface area contributed by atoms with Crippen molar-refractivity contribution in [2.45, 2.75) is 44.7 Å². The lowest BCUT2D eigenvalue weighted by atomic mass is 9.54. The molecular weight excluding hydrogens is 338 g/mol. The van der Waals surface area contributed by atoms with Gasteiger partial charge in [-0.15, -0.1) is 0 Å². The van der Waals surface area contributed by atoms with Crippen molar-refractivity contribution in [3.8, 4) is 17.2 Å². The first-order valence-corrected chi connectivity index (χ1v) is 9.34. The number of quaternary nitrogens is 1. The summed E-state index contributed by atoms with van der Waals surface area (Å²) < 4.78 is 16.6. The van der Waals surface area contributed by atoms with Crippen LogP contribution >= 0.6 is 0 Å². The molecule has 0 saturated heterocycles. The number of hydrogen-bond donors (Lipinski definition) is 1. The highest BCUT2D eigenvalue weighted by Gasteiger charge is 2.50. The van der Waals surface area contributed by atoms with Gasteiger partial charge in [-0.05, 0) is 56.1 Å². The molecule has 4 aliphatic carbocycles. The Morgan fingerprint density at radius 1 is 0.840 bits per heavy atom. The lowest BCUT2D eigenvalue weighted by molar-refractivity contribution is -0.723. The standard InChI is InChI=1S/C20H29NO3.ClH/c1-22-17-5-4-14(19(23-2)20(17)24-3)11-21-18-15-7-12-6-13(9-15)10-16(18)8-12;/h4-5,12-13,15-16,18,21H,6-11H2,1-3H3;1H. The highest BCUT2D eigenvalue weighted by atomic mass is 35.5. The highest BCUT2D eigenvalue weighted by molar-refractivity contribution is 5.55. The van der Waals surface area contributed by atoms with E-state index in [2.05, 4.69) is 11.4 Å². The van der Waals surface area contributed by atoms with Crippen LogP contribution in [0.2, 0.25) is 0 Å². The van der Waals surface area contributed by atoms with Gasteiger partial charge in [0.15, 0.2) is 11.5 Å². The molecule has 0 spiro atoms. The van der Waals surface area contributed by atoms with E-state index in [0.29, 0.717) is 5.75 Å². The van der Waals surface area contributed by atoms with Crippen LogP contribution in [0.1, 0.15) is 37.7 Å². The average Bonchev–Trinajstić information content (AvgIpc) is 2.59. The molecule has 0 amide bonds. The van der Waals surface area contributed by atoms with E-state index in [1.165, 1.54) is 37.7 Å². The van der Waals surface area contributed by atoms with Gasteiger partial charge in [0.25, 0.3) is 0 Å². The Bertz CT molecular complexity index is 579. The van der Waals surface area contributed by atoms with Crippen molar-refractivity contribution in [2.75, 3.05) is 21.3 Å². The number of methoxy groups -OCH3 is 3. The first kappa shape index (κ1) is 18.7. The fraction of sp³-hybridized carbons (Fsp3) is 0.700. The second-order valence-electron chi connectivity index (χ2n) is 7.94. The second-order valence-corrected chi connectivity index (χ2v) is 7.94. The molecule has 0 radical (unpaired) electrons. The summed E-state index contributed by atoms with van der Waals surface area (Å²) in [6, 6.07) is 4.91. The molecule has 0 unspecified atom stereocenters. The highest BCUT2D eigenvalue weighted by Crippen LogP contribution is 2.52. The van der Waals surface area contributed by atoms with Crippen molar-refractivity contribution in [2.24, 2.45) is 23.7 Å². The normalized spacial score (nSPS) is 32.2. The van der Waals surface area contributed by atoms with Crippen molar-refractivity contribution in [1.82, 2.24) is 0 Å². The Morgan fingerprint density at radius 3 is 1.96 bits per heavy atom. The number of rotatable bonds is 6.